The number of nitrogens with one attached hydrogen (secondary N) is 2. The molecule has 42 heavy (non-hydrogen) atoms. The van der Waals surface area contributed by atoms with Crippen molar-refractivity contribution in [3.8, 4) is 11.5 Å². The van der Waals surface area contributed by atoms with Crippen LogP contribution in [0.15, 0.2) is 72.9 Å². The van der Waals surface area contributed by atoms with Crippen LogP contribution >= 0.6 is 11.6 Å². The fourth-order valence-corrected chi connectivity index (χ4v) is 6.71. The van der Waals surface area contributed by atoms with Gasteiger partial charge in [-0.25, -0.2) is 15.0 Å². The largest absolute Gasteiger partial charge is 0.481 e. The number of aromatic amines is 1. The minimum absolute atomic E-state index is 0.00104. The number of para-hydroxylation sites is 2. The third-order valence-corrected chi connectivity index (χ3v) is 8.68. The summed E-state index contributed by atoms with van der Waals surface area (Å²) in [5, 5.41) is 21.7. The Morgan fingerprint density at radius 2 is 1.62 bits per heavy atom. The molecule has 2 unspecified atom stereocenters. The van der Waals surface area contributed by atoms with Gasteiger partial charge in [-0.3, -0.25) is 14.8 Å². The molecule has 3 heterocycles. The number of carbonyl (C=O) groups is 1. The van der Waals surface area contributed by atoms with Gasteiger partial charge in [-0.2, -0.15) is 9.49 Å². The summed E-state index contributed by atoms with van der Waals surface area (Å²) in [6.07, 6.45) is 5.03. The Morgan fingerprint density at radius 3 is 2.26 bits per heavy atom. The van der Waals surface area contributed by atoms with E-state index in [1.54, 1.807) is 11.0 Å². The molecule has 0 amide bonds. The predicted octanol–water partition coefficient (Wildman–Crippen LogP) is 6.98. The Labute approximate surface area is 245 Å². The van der Waals surface area contributed by atoms with Gasteiger partial charge in [0.25, 0.3) is 0 Å². The van der Waals surface area contributed by atoms with Crippen molar-refractivity contribution in [3.05, 3.63) is 83.8 Å². The summed E-state index contributed by atoms with van der Waals surface area (Å²) >= 11 is 6.26. The number of anilines is 4. The number of pyridine rings is 1. The van der Waals surface area contributed by atoms with Crippen LogP contribution in [0.5, 0.6) is 0 Å². The van der Waals surface area contributed by atoms with E-state index in [4.69, 9.17) is 16.6 Å². The maximum atomic E-state index is 16.8. The van der Waals surface area contributed by atoms with Gasteiger partial charge in [0, 0.05) is 23.6 Å². The summed E-state index contributed by atoms with van der Waals surface area (Å²) in [6, 6.07) is 20.0. The first-order valence-corrected chi connectivity index (χ1v) is 14.3. The average Bonchev–Trinajstić information content (AvgIpc) is 3.43. The molecule has 0 saturated heterocycles. The van der Waals surface area contributed by atoms with Crippen molar-refractivity contribution in [2.75, 3.05) is 10.2 Å². The number of aromatic nitrogens is 5. The molecule has 3 aliphatic rings. The van der Waals surface area contributed by atoms with E-state index in [0.29, 0.717) is 33.1 Å². The van der Waals surface area contributed by atoms with Crippen molar-refractivity contribution in [1.82, 2.24) is 25.1 Å². The lowest BCUT2D eigenvalue weighted by Gasteiger charge is -2.47. The number of carboxylic acid groups (broad SMARTS) is 1. The number of halogens is 2. The van der Waals surface area contributed by atoms with Crippen molar-refractivity contribution in [2.45, 2.75) is 31.7 Å². The smallest absolute Gasteiger partial charge is 0.308 e. The maximum Gasteiger partial charge on any atom is 0.308 e. The van der Waals surface area contributed by atoms with Gasteiger partial charge in [0.2, 0.25) is 5.82 Å². The summed E-state index contributed by atoms with van der Waals surface area (Å²) in [7, 11) is 0. The molecule has 3 fully saturated rings. The predicted molar refractivity (Wildman–Crippen MR) is 159 cm³/mol. The molecular formula is C31H27ClFN7O2. The zero-order valence-electron chi connectivity index (χ0n) is 22.4. The van der Waals surface area contributed by atoms with Crippen LogP contribution in [0.4, 0.5) is 27.4 Å². The fraction of sp³-hybridized carbons (Fsp3) is 0.258. The Hall–Kier alpha value is -4.57. The molecule has 5 aromatic rings. The van der Waals surface area contributed by atoms with Gasteiger partial charge >= 0.3 is 5.97 Å². The molecule has 0 radical (unpaired) electrons. The maximum absolute atomic E-state index is 16.8. The van der Waals surface area contributed by atoms with Crippen LogP contribution in [-0.4, -0.2) is 42.3 Å². The zero-order valence-corrected chi connectivity index (χ0v) is 23.2. The summed E-state index contributed by atoms with van der Waals surface area (Å²) in [5.41, 5.74) is 2.21. The van der Waals surface area contributed by atoms with Crippen LogP contribution in [0.1, 0.15) is 25.7 Å². The number of nitrogens with zero attached hydrogens (tertiary/aromatic N) is 5. The van der Waals surface area contributed by atoms with Crippen molar-refractivity contribution in [1.29, 1.82) is 0 Å². The van der Waals surface area contributed by atoms with Gasteiger partial charge in [0.1, 0.15) is 5.69 Å². The minimum Gasteiger partial charge on any atom is -0.481 e. The van der Waals surface area contributed by atoms with Crippen LogP contribution in [0, 0.1) is 23.6 Å². The first-order chi connectivity index (χ1) is 20.5. The third kappa shape index (κ3) is 4.61. The van der Waals surface area contributed by atoms with E-state index in [1.807, 2.05) is 60.7 Å². The lowest BCUT2D eigenvalue weighted by atomic mass is 9.61. The van der Waals surface area contributed by atoms with Crippen molar-refractivity contribution in [3.63, 3.8) is 0 Å². The molecule has 8 rings (SSSR count). The molecule has 0 spiro atoms. The summed E-state index contributed by atoms with van der Waals surface area (Å²) in [4.78, 5) is 27.8. The lowest BCUT2D eigenvalue weighted by Crippen LogP contribution is -2.51. The Kier molecular flexibility index (Phi) is 6.70. The molecule has 212 valence electrons. The second-order valence-electron chi connectivity index (χ2n) is 10.9. The molecule has 11 heteroatoms. The van der Waals surface area contributed by atoms with E-state index in [-0.39, 0.29) is 29.3 Å². The summed E-state index contributed by atoms with van der Waals surface area (Å²) in [6.45, 7) is 0. The second-order valence-corrected chi connectivity index (χ2v) is 11.3. The fourth-order valence-electron chi connectivity index (χ4n) is 6.55. The highest BCUT2D eigenvalue weighted by atomic mass is 35.5. The highest BCUT2D eigenvalue weighted by Crippen LogP contribution is 2.47. The average molecular weight is 584 g/mol. The molecule has 2 aromatic carbocycles. The number of aliphatic carboxylic acids is 1. The molecule has 3 N–H and O–H groups in total. The van der Waals surface area contributed by atoms with Gasteiger partial charge in [0.15, 0.2) is 23.1 Å². The molecule has 3 aromatic heterocycles. The highest BCUT2D eigenvalue weighted by molar-refractivity contribution is 6.31. The lowest BCUT2D eigenvalue weighted by molar-refractivity contribution is -0.148. The van der Waals surface area contributed by atoms with Crippen LogP contribution in [0.3, 0.4) is 0 Å². The van der Waals surface area contributed by atoms with E-state index in [1.165, 1.54) is 6.20 Å². The van der Waals surface area contributed by atoms with Gasteiger partial charge in [0.05, 0.1) is 16.3 Å². The number of rotatable bonds is 7. The standard InChI is InChI=1S/C31H27ClFN7O2/c32-19-15-22-26(38-39-27(22)34-16-19)29-36-28(35-25-18-13-11-17(12-14-18)23(25)31(41)42)24(33)30(37-29)40(20-7-3-1-4-8-20)21-9-5-2-6-10-21/h1-10,15-18,23,25H,11-14H2,(H,41,42)(H,34,38,39)(H,35,36,37). The third-order valence-electron chi connectivity index (χ3n) is 8.48. The molecule has 0 aliphatic heterocycles. The summed E-state index contributed by atoms with van der Waals surface area (Å²) < 4.78 is 16.8. The quantitative estimate of drug-likeness (QED) is 0.188. The van der Waals surface area contributed by atoms with Crippen LogP contribution in [0.25, 0.3) is 22.6 Å². The normalized spacial score (nSPS) is 21.4. The Morgan fingerprint density at radius 1 is 0.976 bits per heavy atom. The molecule has 3 saturated carbocycles. The van der Waals surface area contributed by atoms with Gasteiger partial charge < -0.3 is 10.4 Å². The molecular weight excluding hydrogens is 557 g/mol. The summed E-state index contributed by atoms with van der Waals surface area (Å²) in [5.74, 6) is -1.96. The van der Waals surface area contributed by atoms with Gasteiger partial charge in [-0.1, -0.05) is 48.0 Å². The molecule has 3 aliphatic carbocycles. The van der Waals surface area contributed by atoms with Crippen LogP contribution in [0.2, 0.25) is 5.02 Å². The molecule has 2 bridgehead atoms. The number of carboxylic acids is 1. The second kappa shape index (κ2) is 10.7. The zero-order chi connectivity index (χ0) is 28.8. The van der Waals surface area contributed by atoms with E-state index < -0.39 is 23.7 Å². The van der Waals surface area contributed by atoms with Crippen molar-refractivity contribution in [2.24, 2.45) is 17.8 Å². The first kappa shape index (κ1) is 26.3. The monoisotopic (exact) mass is 583 g/mol. The number of fused-ring (bicyclic) bond motifs is 4. The van der Waals surface area contributed by atoms with Crippen LogP contribution in [-0.2, 0) is 4.79 Å². The van der Waals surface area contributed by atoms with Crippen LogP contribution < -0.4 is 10.2 Å². The topological polar surface area (TPSA) is 120 Å². The number of benzene rings is 2. The van der Waals surface area contributed by atoms with E-state index in [2.05, 4.69) is 25.5 Å². The number of hydrogen-bond acceptors (Lipinski definition) is 7. The first-order valence-electron chi connectivity index (χ1n) is 13.9. The highest BCUT2D eigenvalue weighted by Gasteiger charge is 2.48. The van der Waals surface area contributed by atoms with E-state index in [9.17, 15) is 9.90 Å². The van der Waals surface area contributed by atoms with Gasteiger partial charge in [-0.15, -0.1) is 0 Å². The van der Waals surface area contributed by atoms with E-state index >= 15 is 4.39 Å². The Bertz CT molecular complexity index is 1720. The molecule has 9 nitrogen and oxygen atoms in total. The minimum atomic E-state index is -0.869. The SMILES string of the molecule is O=C(O)C1C2CCC(CC2)C1Nc1nc(-c2n[nH]c3ncc(Cl)cc23)nc(N(c2ccccc2)c2ccccc2)c1F. The van der Waals surface area contributed by atoms with Crippen molar-refractivity contribution >= 4 is 51.6 Å². The number of hydrogen-bond donors (Lipinski definition) is 3. The van der Waals surface area contributed by atoms with E-state index in [0.717, 1.165) is 25.7 Å². The van der Waals surface area contributed by atoms with Crippen molar-refractivity contribution < 1.29 is 14.3 Å². The van der Waals surface area contributed by atoms with Gasteiger partial charge in [-0.05, 0) is 67.9 Å². The molecule has 2 atom stereocenters. The number of H-pyrrole nitrogens is 1. The Balaban J connectivity index is 1.43.